The van der Waals surface area contributed by atoms with Crippen molar-refractivity contribution in [2.24, 2.45) is 0 Å². The molecule has 0 radical (unpaired) electrons. The Hall–Kier alpha value is -1.49. The summed E-state index contributed by atoms with van der Waals surface area (Å²) in [5, 5.41) is 13.2. The number of aromatic hydroxyl groups is 1. The summed E-state index contributed by atoms with van der Waals surface area (Å²) in [7, 11) is 0. The number of phenols is 1. The number of halogens is 1. The minimum Gasteiger partial charge on any atom is -0.505 e. The largest absolute Gasteiger partial charge is 0.505 e. The van der Waals surface area contributed by atoms with Crippen molar-refractivity contribution < 1.29 is 19.0 Å². The fraction of sp³-hybridized carbons (Fsp3) is 0.538. The lowest BCUT2D eigenvalue weighted by molar-refractivity contribution is 0.167. The number of hydrogen-bond donors (Lipinski definition) is 2. The third-order valence-electron chi connectivity index (χ3n) is 3.47. The van der Waals surface area contributed by atoms with Gasteiger partial charge in [0.15, 0.2) is 23.1 Å². The molecule has 0 aromatic heterocycles. The summed E-state index contributed by atoms with van der Waals surface area (Å²) in [5.74, 6) is -0.0707. The quantitative estimate of drug-likeness (QED) is 0.840. The number of ether oxygens (including phenoxy) is 2. The summed E-state index contributed by atoms with van der Waals surface area (Å²) < 4.78 is 24.5. The van der Waals surface area contributed by atoms with Gasteiger partial charge in [-0.05, 0) is 25.8 Å². The molecule has 0 amide bonds. The van der Waals surface area contributed by atoms with E-state index in [2.05, 4.69) is 5.32 Å². The third kappa shape index (κ3) is 1.99. The van der Waals surface area contributed by atoms with Crippen LogP contribution >= 0.6 is 0 Å². The average molecular weight is 253 g/mol. The molecule has 1 fully saturated rings. The van der Waals surface area contributed by atoms with Gasteiger partial charge in [0, 0.05) is 17.7 Å². The summed E-state index contributed by atoms with van der Waals surface area (Å²) in [6.07, 6.45) is 2.71. The van der Waals surface area contributed by atoms with Crippen LogP contribution in [0, 0.1) is 5.82 Å². The van der Waals surface area contributed by atoms with Crippen LogP contribution in [0.2, 0.25) is 0 Å². The summed E-state index contributed by atoms with van der Waals surface area (Å²) >= 11 is 0. The summed E-state index contributed by atoms with van der Waals surface area (Å²) in [5.41, 5.74) is 0.518. The molecular weight excluding hydrogens is 237 g/mol. The molecule has 0 bridgehead atoms. The first-order chi connectivity index (χ1) is 8.75. The molecule has 4 nitrogen and oxygen atoms in total. The lowest BCUT2D eigenvalue weighted by atomic mass is 10.0. The molecule has 2 aliphatic heterocycles. The van der Waals surface area contributed by atoms with E-state index in [1.165, 1.54) is 6.07 Å². The van der Waals surface area contributed by atoms with Crippen molar-refractivity contribution in [2.75, 3.05) is 19.8 Å². The second-order valence-corrected chi connectivity index (χ2v) is 4.71. The van der Waals surface area contributed by atoms with E-state index in [9.17, 15) is 9.50 Å². The predicted molar refractivity (Wildman–Crippen MR) is 63.8 cm³/mol. The van der Waals surface area contributed by atoms with Gasteiger partial charge in [0.05, 0.1) is 0 Å². The van der Waals surface area contributed by atoms with Gasteiger partial charge in [0.2, 0.25) is 0 Å². The standard InChI is InChI=1S/C13H16FNO3/c14-10-7-11-13(18-5-4-17-11)9(12(10)16)6-8-2-1-3-15-8/h7-8,15-16H,1-6H2. The number of phenolic OH excluding ortho intramolecular Hbond substituents is 1. The third-order valence-corrected chi connectivity index (χ3v) is 3.47. The van der Waals surface area contributed by atoms with Gasteiger partial charge in [0.1, 0.15) is 13.2 Å². The van der Waals surface area contributed by atoms with Gasteiger partial charge in [-0.3, -0.25) is 0 Å². The Bertz CT molecular complexity index is 458. The van der Waals surface area contributed by atoms with Gasteiger partial charge in [-0.15, -0.1) is 0 Å². The van der Waals surface area contributed by atoms with E-state index in [0.29, 0.717) is 36.7 Å². The highest BCUT2D eigenvalue weighted by Crippen LogP contribution is 2.41. The van der Waals surface area contributed by atoms with E-state index in [0.717, 1.165) is 19.4 Å². The van der Waals surface area contributed by atoms with Crippen LogP contribution < -0.4 is 14.8 Å². The van der Waals surface area contributed by atoms with Crippen LogP contribution in [0.3, 0.4) is 0 Å². The molecule has 0 spiro atoms. The molecule has 3 rings (SSSR count). The van der Waals surface area contributed by atoms with E-state index in [1.54, 1.807) is 0 Å². The first kappa shape index (κ1) is 11.6. The Morgan fingerprint density at radius 2 is 2.22 bits per heavy atom. The minimum atomic E-state index is -0.646. The molecule has 5 heteroatoms. The maximum absolute atomic E-state index is 13.6. The number of benzene rings is 1. The van der Waals surface area contributed by atoms with Crippen molar-refractivity contribution in [1.82, 2.24) is 5.32 Å². The van der Waals surface area contributed by atoms with Gasteiger partial charge < -0.3 is 19.9 Å². The molecule has 2 aliphatic rings. The second-order valence-electron chi connectivity index (χ2n) is 4.71. The summed E-state index contributed by atoms with van der Waals surface area (Å²) in [6, 6.07) is 1.46. The van der Waals surface area contributed by atoms with E-state index in [4.69, 9.17) is 9.47 Å². The Labute approximate surface area is 105 Å². The van der Waals surface area contributed by atoms with Crippen molar-refractivity contribution in [3.05, 3.63) is 17.4 Å². The summed E-state index contributed by atoms with van der Waals surface area (Å²) in [4.78, 5) is 0. The highest BCUT2D eigenvalue weighted by molar-refractivity contribution is 5.55. The minimum absolute atomic E-state index is 0.271. The van der Waals surface area contributed by atoms with Gasteiger partial charge >= 0.3 is 0 Å². The van der Waals surface area contributed by atoms with Crippen molar-refractivity contribution in [3.8, 4) is 17.2 Å². The van der Waals surface area contributed by atoms with Gasteiger partial charge in [0.25, 0.3) is 0 Å². The Balaban J connectivity index is 1.97. The lowest BCUT2D eigenvalue weighted by Crippen LogP contribution is -2.25. The van der Waals surface area contributed by atoms with E-state index >= 15 is 0 Å². The zero-order chi connectivity index (χ0) is 12.5. The van der Waals surface area contributed by atoms with Crippen LogP contribution in [-0.4, -0.2) is 30.9 Å². The van der Waals surface area contributed by atoms with Gasteiger partial charge in [-0.1, -0.05) is 0 Å². The van der Waals surface area contributed by atoms with E-state index in [1.807, 2.05) is 0 Å². The normalized spacial score (nSPS) is 22.2. The van der Waals surface area contributed by atoms with Crippen LogP contribution in [0.25, 0.3) is 0 Å². The molecule has 2 heterocycles. The SMILES string of the molecule is Oc1c(F)cc2c(c1CC1CCCN1)OCCO2. The number of hydrogen-bond acceptors (Lipinski definition) is 4. The molecule has 1 saturated heterocycles. The van der Waals surface area contributed by atoms with Crippen LogP contribution in [0.15, 0.2) is 6.07 Å². The van der Waals surface area contributed by atoms with Crippen LogP contribution in [0.1, 0.15) is 18.4 Å². The molecule has 0 saturated carbocycles. The molecule has 1 atom stereocenters. The molecule has 1 aromatic carbocycles. The Morgan fingerprint density at radius 3 is 3.00 bits per heavy atom. The molecular formula is C13H16FNO3. The zero-order valence-electron chi connectivity index (χ0n) is 10.0. The van der Waals surface area contributed by atoms with E-state index in [-0.39, 0.29) is 11.8 Å². The monoisotopic (exact) mass is 253 g/mol. The molecule has 1 aromatic rings. The maximum Gasteiger partial charge on any atom is 0.169 e. The zero-order valence-corrected chi connectivity index (χ0v) is 10.0. The smallest absolute Gasteiger partial charge is 0.169 e. The van der Waals surface area contributed by atoms with Crippen LogP contribution in [0.5, 0.6) is 17.2 Å². The fourth-order valence-corrected chi connectivity index (χ4v) is 2.58. The highest BCUT2D eigenvalue weighted by Gasteiger charge is 2.26. The van der Waals surface area contributed by atoms with Gasteiger partial charge in [-0.25, -0.2) is 4.39 Å². The number of fused-ring (bicyclic) bond motifs is 1. The first-order valence-electron chi connectivity index (χ1n) is 6.29. The van der Waals surface area contributed by atoms with Crippen molar-refractivity contribution in [2.45, 2.75) is 25.3 Å². The Kier molecular flexibility index (Phi) is 2.99. The lowest BCUT2D eigenvalue weighted by Gasteiger charge is -2.23. The molecule has 1 unspecified atom stereocenters. The highest BCUT2D eigenvalue weighted by atomic mass is 19.1. The first-order valence-corrected chi connectivity index (χ1v) is 6.29. The Morgan fingerprint density at radius 1 is 1.39 bits per heavy atom. The molecule has 18 heavy (non-hydrogen) atoms. The van der Waals surface area contributed by atoms with Crippen LogP contribution in [-0.2, 0) is 6.42 Å². The van der Waals surface area contributed by atoms with Gasteiger partial charge in [-0.2, -0.15) is 0 Å². The van der Waals surface area contributed by atoms with Crippen molar-refractivity contribution in [1.29, 1.82) is 0 Å². The van der Waals surface area contributed by atoms with E-state index < -0.39 is 5.82 Å². The number of rotatable bonds is 2. The van der Waals surface area contributed by atoms with Crippen LogP contribution in [0.4, 0.5) is 4.39 Å². The fourth-order valence-electron chi connectivity index (χ4n) is 2.58. The predicted octanol–water partition coefficient (Wildman–Crippen LogP) is 1.60. The molecule has 98 valence electrons. The summed E-state index contributed by atoms with van der Waals surface area (Å²) in [6.45, 7) is 1.82. The number of nitrogens with one attached hydrogen (secondary N) is 1. The average Bonchev–Trinajstić information content (AvgIpc) is 2.88. The topological polar surface area (TPSA) is 50.7 Å². The maximum atomic E-state index is 13.6. The van der Waals surface area contributed by atoms with Crippen molar-refractivity contribution >= 4 is 0 Å². The second kappa shape index (κ2) is 4.65. The molecule has 2 N–H and O–H groups in total. The molecule has 0 aliphatic carbocycles. The van der Waals surface area contributed by atoms with Crippen molar-refractivity contribution in [3.63, 3.8) is 0 Å².